The Morgan fingerprint density at radius 3 is 2.58 bits per heavy atom. The summed E-state index contributed by atoms with van der Waals surface area (Å²) in [6, 6.07) is 13.4. The van der Waals surface area contributed by atoms with Gasteiger partial charge in [-0.25, -0.2) is 0 Å². The number of nitrogens with one attached hydrogen (secondary N) is 1. The van der Waals surface area contributed by atoms with Gasteiger partial charge < -0.3 is 14.8 Å². The van der Waals surface area contributed by atoms with E-state index in [4.69, 9.17) is 21.1 Å². The summed E-state index contributed by atoms with van der Waals surface area (Å²) in [6.07, 6.45) is 0.792. The van der Waals surface area contributed by atoms with Gasteiger partial charge in [0.2, 0.25) is 5.91 Å². The first-order valence-electron chi connectivity index (χ1n) is 8.40. The van der Waals surface area contributed by atoms with E-state index in [9.17, 15) is 4.79 Å². The molecular weight excluding hydrogens is 370 g/mol. The van der Waals surface area contributed by atoms with Crippen LogP contribution in [0.15, 0.2) is 42.5 Å². The van der Waals surface area contributed by atoms with Crippen molar-refractivity contribution in [2.45, 2.75) is 25.1 Å². The molecule has 0 heterocycles. The summed E-state index contributed by atoms with van der Waals surface area (Å²) in [6.45, 7) is 2.04. The first-order valence-corrected chi connectivity index (χ1v) is 9.94. The lowest BCUT2D eigenvalue weighted by molar-refractivity contribution is -0.119. The highest BCUT2D eigenvalue weighted by atomic mass is 35.5. The Bertz CT molecular complexity index is 739. The molecule has 0 saturated heterocycles. The van der Waals surface area contributed by atoms with Crippen LogP contribution in [0.1, 0.15) is 30.5 Å². The molecule has 0 aliphatic heterocycles. The molecule has 0 aliphatic rings. The molecule has 1 N–H and O–H groups in total. The fraction of sp³-hybridized carbons (Fsp3) is 0.350. The zero-order chi connectivity index (χ0) is 18.9. The van der Waals surface area contributed by atoms with E-state index in [1.54, 1.807) is 26.0 Å². The molecule has 6 heteroatoms. The highest BCUT2D eigenvalue weighted by Gasteiger charge is 2.15. The van der Waals surface area contributed by atoms with Crippen molar-refractivity contribution in [2.75, 3.05) is 20.0 Å². The molecule has 0 bridgehead atoms. The second-order valence-corrected chi connectivity index (χ2v) is 7.19. The van der Waals surface area contributed by atoms with Crippen LogP contribution in [0.3, 0.4) is 0 Å². The van der Waals surface area contributed by atoms with E-state index in [0.717, 1.165) is 23.3 Å². The third-order valence-corrected chi connectivity index (χ3v) is 5.18. The summed E-state index contributed by atoms with van der Waals surface area (Å²) in [5, 5.41) is 3.80. The van der Waals surface area contributed by atoms with E-state index in [1.807, 2.05) is 49.4 Å². The van der Waals surface area contributed by atoms with Crippen molar-refractivity contribution in [1.82, 2.24) is 5.32 Å². The molecule has 2 aromatic carbocycles. The summed E-state index contributed by atoms with van der Waals surface area (Å²) in [5.41, 5.74) is 2.11. The molecule has 2 rings (SSSR count). The minimum absolute atomic E-state index is 0.0127. The zero-order valence-corrected chi connectivity index (χ0v) is 16.8. The van der Waals surface area contributed by atoms with Crippen LogP contribution in [0, 0.1) is 0 Å². The molecule has 0 spiro atoms. The van der Waals surface area contributed by atoms with Gasteiger partial charge in [-0.15, -0.1) is 11.8 Å². The summed E-state index contributed by atoms with van der Waals surface area (Å²) in [4.78, 5) is 12.3. The SMILES string of the molecule is CC[C@H](NC(=O)CSCc1cccc(Cl)c1)c1ccc(OC)c(OC)c1. The molecular formula is C20H24ClNO3S. The van der Waals surface area contributed by atoms with Crippen LogP contribution in [0.2, 0.25) is 5.02 Å². The molecule has 1 atom stereocenters. The monoisotopic (exact) mass is 393 g/mol. The van der Waals surface area contributed by atoms with Gasteiger partial charge in [0, 0.05) is 10.8 Å². The minimum atomic E-state index is -0.0610. The van der Waals surface area contributed by atoms with E-state index in [-0.39, 0.29) is 11.9 Å². The molecule has 0 fully saturated rings. The Hall–Kier alpha value is -1.85. The maximum absolute atomic E-state index is 12.3. The molecule has 1 amide bonds. The highest BCUT2D eigenvalue weighted by Crippen LogP contribution is 2.31. The minimum Gasteiger partial charge on any atom is -0.493 e. The lowest BCUT2D eigenvalue weighted by atomic mass is 10.0. The number of halogens is 1. The molecule has 0 unspecified atom stereocenters. The van der Waals surface area contributed by atoms with Crippen molar-refractivity contribution >= 4 is 29.3 Å². The molecule has 140 valence electrons. The van der Waals surface area contributed by atoms with Gasteiger partial charge in [0.1, 0.15) is 0 Å². The lowest BCUT2D eigenvalue weighted by Crippen LogP contribution is -2.29. The number of rotatable bonds is 9. The van der Waals surface area contributed by atoms with Crippen LogP contribution in [-0.4, -0.2) is 25.9 Å². The standard InChI is InChI=1S/C20H24ClNO3S/c1-4-17(15-8-9-18(24-2)19(11-15)25-3)22-20(23)13-26-12-14-6-5-7-16(21)10-14/h5-11,17H,4,12-13H2,1-3H3,(H,22,23)/t17-/m0/s1. The Labute approximate surface area is 164 Å². The van der Waals surface area contributed by atoms with Gasteiger partial charge in [-0.05, 0) is 41.8 Å². The molecule has 0 radical (unpaired) electrons. The maximum Gasteiger partial charge on any atom is 0.230 e. The van der Waals surface area contributed by atoms with Gasteiger partial charge in [0.15, 0.2) is 11.5 Å². The van der Waals surface area contributed by atoms with Crippen molar-refractivity contribution in [3.63, 3.8) is 0 Å². The van der Waals surface area contributed by atoms with E-state index in [1.165, 1.54) is 0 Å². The fourth-order valence-corrected chi connectivity index (χ4v) is 3.61. The second-order valence-electron chi connectivity index (χ2n) is 5.77. The van der Waals surface area contributed by atoms with Crippen molar-refractivity contribution in [1.29, 1.82) is 0 Å². The van der Waals surface area contributed by atoms with E-state index < -0.39 is 0 Å². The number of hydrogen-bond acceptors (Lipinski definition) is 4. The van der Waals surface area contributed by atoms with Crippen LogP contribution < -0.4 is 14.8 Å². The number of carbonyl (C=O) groups excluding carboxylic acids is 1. The second kappa shape index (κ2) is 10.3. The Balaban J connectivity index is 1.91. The van der Waals surface area contributed by atoms with Gasteiger partial charge in [-0.1, -0.05) is 36.7 Å². The average molecular weight is 394 g/mol. The molecule has 0 aromatic heterocycles. The first kappa shape index (κ1) is 20.5. The van der Waals surface area contributed by atoms with Crippen LogP contribution in [0.5, 0.6) is 11.5 Å². The smallest absolute Gasteiger partial charge is 0.230 e. The number of carbonyl (C=O) groups is 1. The van der Waals surface area contributed by atoms with Gasteiger partial charge in [-0.2, -0.15) is 0 Å². The predicted molar refractivity (Wildman–Crippen MR) is 108 cm³/mol. The fourth-order valence-electron chi connectivity index (χ4n) is 2.61. The lowest BCUT2D eigenvalue weighted by Gasteiger charge is -2.19. The summed E-state index contributed by atoms with van der Waals surface area (Å²) >= 11 is 7.55. The Morgan fingerprint density at radius 1 is 1.15 bits per heavy atom. The Kier molecular flexibility index (Phi) is 8.13. The zero-order valence-electron chi connectivity index (χ0n) is 15.3. The van der Waals surface area contributed by atoms with Crippen LogP contribution >= 0.6 is 23.4 Å². The number of amides is 1. The van der Waals surface area contributed by atoms with Gasteiger partial charge in [-0.3, -0.25) is 4.79 Å². The van der Waals surface area contributed by atoms with Gasteiger partial charge in [0.25, 0.3) is 0 Å². The van der Waals surface area contributed by atoms with Crippen LogP contribution in [0.25, 0.3) is 0 Å². The van der Waals surface area contributed by atoms with Crippen LogP contribution in [-0.2, 0) is 10.5 Å². The molecule has 2 aromatic rings. The quantitative estimate of drug-likeness (QED) is 0.661. The van der Waals surface area contributed by atoms with Gasteiger partial charge >= 0.3 is 0 Å². The Morgan fingerprint density at radius 2 is 1.92 bits per heavy atom. The van der Waals surface area contributed by atoms with Crippen molar-refractivity contribution in [3.05, 3.63) is 58.6 Å². The average Bonchev–Trinajstić information content (AvgIpc) is 2.65. The third kappa shape index (κ3) is 5.85. The number of hydrogen-bond donors (Lipinski definition) is 1. The van der Waals surface area contributed by atoms with E-state index in [2.05, 4.69) is 5.32 Å². The topological polar surface area (TPSA) is 47.6 Å². The molecule has 26 heavy (non-hydrogen) atoms. The van der Waals surface area contributed by atoms with Crippen LogP contribution in [0.4, 0.5) is 0 Å². The number of ether oxygens (including phenoxy) is 2. The van der Waals surface area contributed by atoms with Crippen molar-refractivity contribution in [3.8, 4) is 11.5 Å². The normalized spacial score (nSPS) is 11.7. The summed E-state index contributed by atoms with van der Waals surface area (Å²) in [5.74, 6) is 2.50. The highest BCUT2D eigenvalue weighted by molar-refractivity contribution is 7.99. The number of benzene rings is 2. The van der Waals surface area contributed by atoms with E-state index in [0.29, 0.717) is 22.3 Å². The summed E-state index contributed by atoms with van der Waals surface area (Å²) < 4.78 is 10.6. The first-order chi connectivity index (χ1) is 12.6. The van der Waals surface area contributed by atoms with E-state index >= 15 is 0 Å². The third-order valence-electron chi connectivity index (χ3n) is 3.94. The van der Waals surface area contributed by atoms with Crippen molar-refractivity contribution < 1.29 is 14.3 Å². The van der Waals surface area contributed by atoms with Crippen molar-refractivity contribution in [2.24, 2.45) is 0 Å². The number of methoxy groups -OCH3 is 2. The number of thioether (sulfide) groups is 1. The molecule has 4 nitrogen and oxygen atoms in total. The molecule has 0 aliphatic carbocycles. The maximum atomic E-state index is 12.3. The van der Waals surface area contributed by atoms with Gasteiger partial charge in [0.05, 0.1) is 26.0 Å². The molecule has 0 saturated carbocycles. The largest absolute Gasteiger partial charge is 0.493 e. The predicted octanol–water partition coefficient (Wildman–Crippen LogP) is 4.86. The summed E-state index contributed by atoms with van der Waals surface area (Å²) in [7, 11) is 3.21.